The largest absolute Gasteiger partial charge is 0.481 e. The second kappa shape index (κ2) is 22.0. The van der Waals surface area contributed by atoms with Gasteiger partial charge in [-0.25, -0.2) is 4.79 Å². The zero-order valence-electron chi connectivity index (χ0n) is 33.5. The standard InChI is InChI=1S/C42H54N4O10S2/c1-30-27-32(41(51)44-20-10-23-46(3,24-12-26-58(53,54)55)22-9-19-43-37(48)17-8-18-38(49)50)28-31(2)40(30)56-42(52)39-33-13-4-6-15-35(33)45(21-11-25-57-29-47)36-16-7-5-14-34(36)39/h4-7,13-16,27-28,47H,8-12,17-26,29H2,1-3H3,(H2-2,43,44,48,49,50,51,53,54,55)/p+2. The first kappa shape index (κ1) is 46.1. The Morgan fingerprint density at radius 3 is 1.95 bits per heavy atom. The SMILES string of the molecule is Cc1cc(C(=O)NCCC[N+](C)(CCCNC(=O)CCCC(=O)O)CCCS(=O)(=O)O)cc(C)c1OC(=O)c1c2ccccc2[n+](CCCSCO)c2ccccc12. The number of hydrogen-bond acceptors (Lipinski definition) is 9. The van der Waals surface area contributed by atoms with Crippen molar-refractivity contribution in [3.05, 3.63) is 82.9 Å². The van der Waals surface area contributed by atoms with Gasteiger partial charge in [-0.15, -0.1) is 11.8 Å². The third-order valence-corrected chi connectivity index (χ3v) is 11.6. The molecule has 3 aromatic carbocycles. The van der Waals surface area contributed by atoms with Gasteiger partial charge in [0.25, 0.3) is 16.0 Å². The molecule has 5 N–H and O–H groups in total. The minimum Gasteiger partial charge on any atom is -0.481 e. The molecule has 58 heavy (non-hydrogen) atoms. The molecule has 314 valence electrons. The van der Waals surface area contributed by atoms with Crippen molar-refractivity contribution in [2.45, 2.75) is 65.3 Å². The van der Waals surface area contributed by atoms with Crippen molar-refractivity contribution < 1.29 is 56.1 Å². The second-order valence-corrected chi connectivity index (χ2v) is 17.4. The lowest BCUT2D eigenvalue weighted by atomic mass is 10.0. The van der Waals surface area contributed by atoms with Gasteiger partial charge in [-0.05, 0) is 55.7 Å². The highest BCUT2D eigenvalue weighted by Crippen LogP contribution is 2.30. The van der Waals surface area contributed by atoms with Gasteiger partial charge < -0.3 is 30.1 Å². The molecule has 1 atom stereocenters. The number of carboxylic acid groups (broad SMARTS) is 1. The maximum absolute atomic E-state index is 14.1. The number of benzene rings is 3. The Kier molecular flexibility index (Phi) is 17.4. The highest BCUT2D eigenvalue weighted by atomic mass is 32.2. The number of hydrogen-bond donors (Lipinski definition) is 5. The van der Waals surface area contributed by atoms with Gasteiger partial charge in [-0.1, -0.05) is 24.3 Å². The number of aryl methyl sites for hydroxylation is 3. The number of rotatable bonds is 24. The molecule has 4 rings (SSSR count). The molecule has 0 fully saturated rings. The van der Waals surface area contributed by atoms with Crippen LogP contribution in [0.4, 0.5) is 0 Å². The van der Waals surface area contributed by atoms with E-state index in [9.17, 15) is 37.3 Å². The van der Waals surface area contributed by atoms with E-state index in [1.165, 1.54) is 11.8 Å². The lowest BCUT2D eigenvalue weighted by Gasteiger charge is -2.35. The van der Waals surface area contributed by atoms with Crippen LogP contribution in [0.1, 0.15) is 76.8 Å². The number of thioether (sulfide) groups is 1. The average molecular weight is 841 g/mol. The van der Waals surface area contributed by atoms with Gasteiger partial charge in [0.1, 0.15) is 12.3 Å². The Hall–Kier alpha value is -4.61. The molecule has 0 aliphatic rings. The highest BCUT2D eigenvalue weighted by Gasteiger charge is 2.27. The Balaban J connectivity index is 1.40. The number of esters is 1. The van der Waals surface area contributed by atoms with E-state index >= 15 is 0 Å². The predicted molar refractivity (Wildman–Crippen MR) is 225 cm³/mol. The molecule has 1 heterocycles. The molecular weight excluding hydrogens is 785 g/mol. The highest BCUT2D eigenvalue weighted by molar-refractivity contribution is 7.99. The molecule has 16 heteroatoms. The van der Waals surface area contributed by atoms with Crippen LogP contribution in [0.5, 0.6) is 5.75 Å². The number of aliphatic carboxylic acids is 1. The molecule has 1 unspecified atom stereocenters. The number of carbonyl (C=O) groups is 4. The molecule has 1 aromatic heterocycles. The molecule has 0 saturated heterocycles. The number of para-hydroxylation sites is 2. The van der Waals surface area contributed by atoms with Gasteiger partial charge in [0, 0.05) is 75.1 Å². The number of aromatic nitrogens is 1. The van der Waals surface area contributed by atoms with E-state index in [0.29, 0.717) is 84.6 Å². The zero-order chi connectivity index (χ0) is 42.3. The fraction of sp³-hybridized carbons (Fsp3) is 0.452. The summed E-state index contributed by atoms with van der Waals surface area (Å²) in [5.41, 5.74) is 3.91. The second-order valence-electron chi connectivity index (χ2n) is 14.8. The van der Waals surface area contributed by atoms with Crippen LogP contribution in [0.15, 0.2) is 60.7 Å². The number of nitrogens with one attached hydrogen (secondary N) is 2. The molecule has 0 saturated carbocycles. The van der Waals surface area contributed by atoms with E-state index in [-0.39, 0.29) is 49.2 Å². The van der Waals surface area contributed by atoms with Crippen molar-refractivity contribution >= 4 is 67.4 Å². The van der Waals surface area contributed by atoms with E-state index in [1.54, 1.807) is 26.0 Å². The van der Waals surface area contributed by atoms with Crippen LogP contribution in [0.2, 0.25) is 0 Å². The fourth-order valence-electron chi connectivity index (χ4n) is 7.26. The predicted octanol–water partition coefficient (Wildman–Crippen LogP) is 4.80. The number of nitrogens with zero attached hydrogens (tertiary/aromatic N) is 2. The van der Waals surface area contributed by atoms with Crippen molar-refractivity contribution in [3.63, 3.8) is 0 Å². The van der Waals surface area contributed by atoms with Gasteiger partial charge in [0.15, 0.2) is 0 Å². The lowest BCUT2D eigenvalue weighted by molar-refractivity contribution is -0.909. The molecule has 0 aliphatic carbocycles. The molecular formula is C42H56N4O10S2+2. The number of aliphatic hydroxyl groups excluding tert-OH is 1. The first-order valence-electron chi connectivity index (χ1n) is 19.5. The first-order chi connectivity index (χ1) is 27.6. The van der Waals surface area contributed by atoms with Crippen molar-refractivity contribution in [3.8, 4) is 5.75 Å². The summed E-state index contributed by atoms with van der Waals surface area (Å²) in [5, 5.41) is 25.3. The van der Waals surface area contributed by atoms with Gasteiger partial charge in [0.2, 0.25) is 16.9 Å². The van der Waals surface area contributed by atoms with Gasteiger partial charge in [-0.2, -0.15) is 13.0 Å². The zero-order valence-corrected chi connectivity index (χ0v) is 35.1. The number of ether oxygens (including phenoxy) is 1. The summed E-state index contributed by atoms with van der Waals surface area (Å²) in [7, 11) is -2.16. The molecule has 0 spiro atoms. The van der Waals surface area contributed by atoms with Gasteiger partial charge in [0.05, 0.1) is 54.7 Å². The summed E-state index contributed by atoms with van der Waals surface area (Å²) in [6, 6.07) is 18.9. The normalized spacial score (nSPS) is 12.6. The third-order valence-electron chi connectivity index (χ3n) is 10.1. The molecule has 0 bridgehead atoms. The van der Waals surface area contributed by atoms with Crippen molar-refractivity contribution in [2.24, 2.45) is 0 Å². The smallest absolute Gasteiger partial charge is 0.345 e. The first-order valence-corrected chi connectivity index (χ1v) is 22.3. The number of carbonyl (C=O) groups excluding carboxylic acids is 3. The van der Waals surface area contributed by atoms with Crippen LogP contribution in [-0.4, -0.2) is 109 Å². The van der Waals surface area contributed by atoms with Crippen LogP contribution in [0.3, 0.4) is 0 Å². The van der Waals surface area contributed by atoms with E-state index in [1.807, 2.05) is 55.6 Å². The number of pyridine rings is 1. The van der Waals surface area contributed by atoms with Crippen LogP contribution in [-0.2, 0) is 26.3 Å². The summed E-state index contributed by atoms with van der Waals surface area (Å²) >= 11 is 1.47. The molecule has 4 aromatic rings. The van der Waals surface area contributed by atoms with Crippen LogP contribution in [0.25, 0.3) is 21.8 Å². The fourth-order valence-corrected chi connectivity index (χ4v) is 8.21. The Labute approximate surface area is 344 Å². The summed E-state index contributed by atoms with van der Waals surface area (Å²) < 4.78 is 40.8. The monoisotopic (exact) mass is 840 g/mol. The minimum absolute atomic E-state index is 0.0695. The van der Waals surface area contributed by atoms with Crippen molar-refractivity contribution in [2.75, 3.05) is 57.2 Å². The van der Waals surface area contributed by atoms with Crippen molar-refractivity contribution in [1.82, 2.24) is 10.6 Å². The molecule has 0 aliphatic heterocycles. The summed E-state index contributed by atoms with van der Waals surface area (Å²) in [6.45, 7) is 6.67. The topological polar surface area (TPSA) is 200 Å². The lowest BCUT2D eigenvalue weighted by Crippen LogP contribution is -2.48. The number of carboxylic acids is 1. The van der Waals surface area contributed by atoms with E-state index in [0.717, 1.165) is 34.0 Å². The number of amides is 2. The van der Waals surface area contributed by atoms with E-state index in [2.05, 4.69) is 15.2 Å². The Morgan fingerprint density at radius 1 is 0.810 bits per heavy atom. The molecule has 0 radical (unpaired) electrons. The Morgan fingerprint density at radius 2 is 1.38 bits per heavy atom. The maximum atomic E-state index is 14.1. The van der Waals surface area contributed by atoms with Crippen LogP contribution >= 0.6 is 11.8 Å². The number of aliphatic hydroxyl groups is 1. The summed E-state index contributed by atoms with van der Waals surface area (Å²) in [6.07, 6.45) is 2.54. The quantitative estimate of drug-likeness (QED) is 0.00950. The minimum atomic E-state index is -4.12. The third kappa shape index (κ3) is 13.8. The average Bonchev–Trinajstić information content (AvgIpc) is 3.17. The van der Waals surface area contributed by atoms with Gasteiger partial charge in [-0.3, -0.25) is 18.9 Å². The Bertz CT molecular complexity index is 2120. The van der Waals surface area contributed by atoms with Crippen LogP contribution < -0.4 is 19.9 Å². The summed E-state index contributed by atoms with van der Waals surface area (Å²) in [5.74, 6) is -1.10. The van der Waals surface area contributed by atoms with Gasteiger partial charge >= 0.3 is 11.9 Å². The van der Waals surface area contributed by atoms with E-state index in [4.69, 9.17) is 9.84 Å². The molecule has 14 nitrogen and oxygen atoms in total. The maximum Gasteiger partial charge on any atom is 0.345 e. The number of fused-ring (bicyclic) bond motifs is 2. The van der Waals surface area contributed by atoms with E-state index < -0.39 is 22.1 Å². The van der Waals surface area contributed by atoms with Crippen molar-refractivity contribution in [1.29, 1.82) is 0 Å². The summed E-state index contributed by atoms with van der Waals surface area (Å²) in [4.78, 5) is 50.2. The number of quaternary nitrogens is 1. The van der Waals surface area contributed by atoms with Crippen LogP contribution in [0, 0.1) is 13.8 Å². The molecule has 2 amide bonds.